The summed E-state index contributed by atoms with van der Waals surface area (Å²) in [7, 11) is 2.19. The zero-order valence-electron chi connectivity index (χ0n) is 11.8. The largest absolute Gasteiger partial charge is 0.330 e. The molecule has 1 saturated heterocycles. The smallest absolute Gasteiger partial charge is 0.00444 e. The average molecular weight is 216 g/mol. The Labute approximate surface area is 97.2 Å². The van der Waals surface area contributed by atoms with Crippen LogP contribution in [0.5, 0.6) is 0 Å². The van der Waals surface area contributed by atoms with E-state index < -0.39 is 0 Å². The Bertz CT molecular complexity index is 126. The lowest BCUT2D eigenvalue weighted by Crippen LogP contribution is -2.37. The molecule has 0 aromatic heterocycles. The van der Waals surface area contributed by atoms with Gasteiger partial charge in [0.1, 0.15) is 0 Å². The highest BCUT2D eigenvalue weighted by atomic mass is 15.1. The second-order valence-electron chi connectivity index (χ2n) is 4.21. The van der Waals surface area contributed by atoms with Gasteiger partial charge >= 0.3 is 0 Å². The molecular formula is C13H32N2. The van der Waals surface area contributed by atoms with E-state index in [0.717, 1.165) is 6.54 Å². The first-order chi connectivity index (χ1) is 7.16. The summed E-state index contributed by atoms with van der Waals surface area (Å²) >= 11 is 0. The van der Waals surface area contributed by atoms with Crippen molar-refractivity contribution in [2.75, 3.05) is 26.7 Å². The molecule has 2 N–H and O–H groups in total. The summed E-state index contributed by atoms with van der Waals surface area (Å²) in [6.07, 6.45) is 3.98. The van der Waals surface area contributed by atoms with Crippen LogP contribution in [0.15, 0.2) is 0 Å². The summed E-state index contributed by atoms with van der Waals surface area (Å²) < 4.78 is 0. The topological polar surface area (TPSA) is 29.3 Å². The van der Waals surface area contributed by atoms with Crippen molar-refractivity contribution in [2.45, 2.75) is 53.9 Å². The molecule has 1 aliphatic rings. The molecule has 2 heteroatoms. The van der Waals surface area contributed by atoms with E-state index in [1.54, 1.807) is 0 Å². The van der Waals surface area contributed by atoms with Crippen LogP contribution in [-0.4, -0.2) is 31.6 Å². The molecule has 0 spiro atoms. The molecule has 0 saturated carbocycles. The van der Waals surface area contributed by atoms with Crippen LogP contribution in [0.1, 0.15) is 53.9 Å². The van der Waals surface area contributed by atoms with Gasteiger partial charge in [0, 0.05) is 6.54 Å². The van der Waals surface area contributed by atoms with Crippen LogP contribution >= 0.6 is 0 Å². The quantitative estimate of drug-likeness (QED) is 0.730. The average Bonchev–Trinajstić information content (AvgIpc) is 2.46. The highest BCUT2D eigenvalue weighted by Gasteiger charge is 2.25. The molecule has 1 atom stereocenters. The number of hydrogen-bond acceptors (Lipinski definition) is 2. The van der Waals surface area contributed by atoms with Gasteiger partial charge in [-0.3, -0.25) is 0 Å². The highest BCUT2D eigenvalue weighted by molar-refractivity contribution is 4.81. The van der Waals surface area contributed by atoms with Gasteiger partial charge in [0.25, 0.3) is 0 Å². The third-order valence-electron chi connectivity index (χ3n) is 2.71. The Morgan fingerprint density at radius 1 is 1.13 bits per heavy atom. The molecule has 1 heterocycles. The third-order valence-corrected chi connectivity index (χ3v) is 2.71. The van der Waals surface area contributed by atoms with Crippen LogP contribution in [0.25, 0.3) is 0 Å². The number of rotatable bonds is 1. The zero-order chi connectivity index (χ0) is 12.3. The minimum absolute atomic E-state index is 0.380. The van der Waals surface area contributed by atoms with Gasteiger partial charge < -0.3 is 10.6 Å². The van der Waals surface area contributed by atoms with Gasteiger partial charge in [0.2, 0.25) is 0 Å². The molecule has 0 aliphatic carbocycles. The third kappa shape index (κ3) is 7.80. The van der Waals surface area contributed by atoms with Gasteiger partial charge in [-0.05, 0) is 38.4 Å². The van der Waals surface area contributed by atoms with E-state index in [0.29, 0.717) is 5.41 Å². The first-order valence-corrected chi connectivity index (χ1v) is 6.55. The van der Waals surface area contributed by atoms with Gasteiger partial charge in [-0.15, -0.1) is 0 Å². The van der Waals surface area contributed by atoms with E-state index in [4.69, 9.17) is 5.73 Å². The fourth-order valence-corrected chi connectivity index (χ4v) is 1.91. The van der Waals surface area contributed by atoms with Gasteiger partial charge in [-0.25, -0.2) is 0 Å². The predicted molar refractivity (Wildman–Crippen MR) is 71.2 cm³/mol. The van der Waals surface area contributed by atoms with E-state index >= 15 is 0 Å². The molecule has 1 fully saturated rings. The Kier molecular flexibility index (Phi) is 12.1. The van der Waals surface area contributed by atoms with Crippen molar-refractivity contribution in [3.05, 3.63) is 0 Å². The first kappa shape index (κ1) is 17.3. The van der Waals surface area contributed by atoms with E-state index in [1.165, 1.54) is 32.4 Å². The van der Waals surface area contributed by atoms with Crippen molar-refractivity contribution >= 4 is 0 Å². The molecule has 1 aliphatic heterocycles. The number of likely N-dealkylation sites (tertiary alicyclic amines) is 1. The lowest BCUT2D eigenvalue weighted by atomic mass is 9.86. The minimum Gasteiger partial charge on any atom is -0.330 e. The Morgan fingerprint density at radius 2 is 1.67 bits per heavy atom. The lowest BCUT2D eigenvalue weighted by molar-refractivity contribution is 0.215. The fraction of sp³-hybridized carbons (Fsp3) is 1.00. The maximum Gasteiger partial charge on any atom is 0.00444 e. The van der Waals surface area contributed by atoms with E-state index in [9.17, 15) is 0 Å². The molecule has 15 heavy (non-hydrogen) atoms. The summed E-state index contributed by atoms with van der Waals surface area (Å²) in [6, 6.07) is 0. The molecule has 1 rings (SSSR count). The van der Waals surface area contributed by atoms with Crippen molar-refractivity contribution in [3.63, 3.8) is 0 Å². The van der Waals surface area contributed by atoms with Crippen LogP contribution in [0, 0.1) is 5.41 Å². The SMILES string of the molecule is CC.CC.CN1CCCCC(C)(CN)C1. The number of nitrogens with zero attached hydrogens (tertiary/aromatic N) is 1. The van der Waals surface area contributed by atoms with Gasteiger partial charge in [0.15, 0.2) is 0 Å². The summed E-state index contributed by atoms with van der Waals surface area (Å²) in [5, 5.41) is 0. The van der Waals surface area contributed by atoms with Crippen molar-refractivity contribution in [1.82, 2.24) is 4.90 Å². The number of hydrogen-bond donors (Lipinski definition) is 1. The lowest BCUT2D eigenvalue weighted by Gasteiger charge is -2.29. The van der Waals surface area contributed by atoms with Crippen molar-refractivity contribution < 1.29 is 0 Å². The molecule has 1 unspecified atom stereocenters. The summed E-state index contributed by atoms with van der Waals surface area (Å²) in [5.74, 6) is 0. The van der Waals surface area contributed by atoms with Gasteiger partial charge in [-0.1, -0.05) is 41.0 Å². The Balaban J connectivity index is 0. The van der Waals surface area contributed by atoms with Crippen LogP contribution in [0.4, 0.5) is 0 Å². The van der Waals surface area contributed by atoms with Gasteiger partial charge in [-0.2, -0.15) is 0 Å². The van der Waals surface area contributed by atoms with E-state index in [-0.39, 0.29) is 0 Å². The first-order valence-electron chi connectivity index (χ1n) is 6.55. The van der Waals surface area contributed by atoms with E-state index in [2.05, 4.69) is 18.9 Å². The van der Waals surface area contributed by atoms with Crippen LogP contribution in [-0.2, 0) is 0 Å². The Hall–Kier alpha value is -0.0800. The highest BCUT2D eigenvalue weighted by Crippen LogP contribution is 2.26. The molecule has 0 bridgehead atoms. The summed E-state index contributed by atoms with van der Waals surface area (Å²) in [5.41, 5.74) is 6.12. The zero-order valence-corrected chi connectivity index (χ0v) is 11.8. The Morgan fingerprint density at radius 3 is 2.13 bits per heavy atom. The van der Waals surface area contributed by atoms with Crippen molar-refractivity contribution in [1.29, 1.82) is 0 Å². The van der Waals surface area contributed by atoms with Crippen LogP contribution in [0.2, 0.25) is 0 Å². The monoisotopic (exact) mass is 216 g/mol. The molecule has 0 amide bonds. The molecule has 94 valence electrons. The molecule has 0 aromatic rings. The van der Waals surface area contributed by atoms with Crippen molar-refractivity contribution in [2.24, 2.45) is 11.1 Å². The van der Waals surface area contributed by atoms with E-state index in [1.807, 2.05) is 27.7 Å². The van der Waals surface area contributed by atoms with Crippen LogP contribution in [0.3, 0.4) is 0 Å². The maximum absolute atomic E-state index is 5.74. The summed E-state index contributed by atoms with van der Waals surface area (Å²) in [4.78, 5) is 2.40. The number of nitrogens with two attached hydrogens (primary N) is 1. The van der Waals surface area contributed by atoms with Crippen LogP contribution < -0.4 is 5.73 Å². The molecule has 0 radical (unpaired) electrons. The fourth-order valence-electron chi connectivity index (χ4n) is 1.91. The maximum atomic E-state index is 5.74. The van der Waals surface area contributed by atoms with Gasteiger partial charge in [0.05, 0.1) is 0 Å². The van der Waals surface area contributed by atoms with Crippen molar-refractivity contribution in [3.8, 4) is 0 Å². The molecular weight excluding hydrogens is 184 g/mol. The second-order valence-corrected chi connectivity index (χ2v) is 4.21. The summed E-state index contributed by atoms with van der Waals surface area (Å²) in [6.45, 7) is 13.5. The standard InChI is InChI=1S/C9H20N2.2C2H6/c1-9(7-10)5-3-4-6-11(2)8-9;2*1-2/h3-8,10H2,1-2H3;2*1-2H3. The normalized spacial score (nSPS) is 26.6. The minimum atomic E-state index is 0.380. The second kappa shape index (κ2) is 10.4. The predicted octanol–water partition coefficient (Wildman–Crippen LogP) is 3.12. The molecule has 0 aromatic carbocycles. The molecule has 2 nitrogen and oxygen atoms in total.